The van der Waals surface area contributed by atoms with E-state index in [0.717, 1.165) is 17.7 Å². The molecule has 1 fully saturated rings. The van der Waals surface area contributed by atoms with Gasteiger partial charge < -0.3 is 29.2 Å². The average Bonchev–Trinajstić information content (AvgIpc) is 3.39. The number of aromatic nitrogens is 1. The number of oxazole rings is 1. The number of benzene rings is 2. The van der Waals surface area contributed by atoms with Crippen molar-refractivity contribution in [2.75, 3.05) is 31.7 Å². The first kappa shape index (κ1) is 28.4. The van der Waals surface area contributed by atoms with Crippen LogP contribution in [-0.4, -0.2) is 60.9 Å². The van der Waals surface area contributed by atoms with E-state index < -0.39 is 41.6 Å². The summed E-state index contributed by atoms with van der Waals surface area (Å²) >= 11 is 0. The lowest BCUT2D eigenvalue weighted by Gasteiger charge is -2.46. The van der Waals surface area contributed by atoms with Crippen molar-refractivity contribution in [1.29, 1.82) is 0 Å². The standard InChI is InChI=1S/C27H29F4N3O5/c1-3-38-26(36)21-25(39-24(33-21)17-12-19(29)20(37-2)13-18(17)28)34-11-7-10-27(15-34,22(35)23(30)31)32-14-16-8-5-4-6-9-16/h4-6,8-9,12-13,22-23,32,35H,3,7,10-11,14-15H2,1-2H3/t22-,27-/m1/s1. The largest absolute Gasteiger partial charge is 0.494 e. The van der Waals surface area contributed by atoms with E-state index in [9.17, 15) is 27.5 Å². The van der Waals surface area contributed by atoms with Crippen molar-refractivity contribution in [1.82, 2.24) is 10.3 Å². The average molecular weight is 552 g/mol. The van der Waals surface area contributed by atoms with Gasteiger partial charge >= 0.3 is 5.97 Å². The number of hydrogen-bond donors (Lipinski definition) is 2. The Hall–Kier alpha value is -3.64. The minimum Gasteiger partial charge on any atom is -0.494 e. The van der Waals surface area contributed by atoms with Crippen LogP contribution in [0.15, 0.2) is 46.9 Å². The molecule has 2 aromatic carbocycles. The van der Waals surface area contributed by atoms with Crippen LogP contribution in [-0.2, 0) is 11.3 Å². The molecule has 4 rings (SSSR count). The minimum atomic E-state index is -3.06. The van der Waals surface area contributed by atoms with Crippen molar-refractivity contribution in [2.45, 2.75) is 44.4 Å². The molecule has 3 aromatic rings. The molecule has 12 heteroatoms. The Bertz CT molecular complexity index is 1290. The third-order valence-corrected chi connectivity index (χ3v) is 6.65. The minimum absolute atomic E-state index is 0.00133. The molecule has 0 amide bonds. The number of esters is 1. The molecule has 2 atom stereocenters. The van der Waals surface area contributed by atoms with Gasteiger partial charge in [-0.15, -0.1) is 0 Å². The van der Waals surface area contributed by atoms with Crippen LogP contribution in [0.2, 0.25) is 0 Å². The Kier molecular flexibility index (Phi) is 8.76. The number of anilines is 1. The smallest absolute Gasteiger partial charge is 0.362 e. The van der Waals surface area contributed by atoms with Crippen molar-refractivity contribution in [3.05, 3.63) is 65.4 Å². The molecule has 0 radical (unpaired) electrons. The van der Waals surface area contributed by atoms with Crippen LogP contribution in [0.4, 0.5) is 23.4 Å². The number of alkyl halides is 2. The number of nitrogens with one attached hydrogen (secondary N) is 1. The summed E-state index contributed by atoms with van der Waals surface area (Å²) in [7, 11) is 1.18. The van der Waals surface area contributed by atoms with Gasteiger partial charge in [0.25, 0.3) is 6.43 Å². The van der Waals surface area contributed by atoms with Gasteiger partial charge in [0.2, 0.25) is 17.5 Å². The van der Waals surface area contributed by atoms with Crippen LogP contribution in [0.3, 0.4) is 0 Å². The number of rotatable bonds is 10. The molecule has 1 aliphatic rings. The molecule has 8 nitrogen and oxygen atoms in total. The lowest BCUT2D eigenvalue weighted by Crippen LogP contribution is -2.65. The van der Waals surface area contributed by atoms with Gasteiger partial charge in [-0.1, -0.05) is 30.3 Å². The molecule has 0 unspecified atom stereocenters. The Morgan fingerprint density at radius 1 is 1.23 bits per heavy atom. The van der Waals surface area contributed by atoms with Crippen LogP contribution in [0.1, 0.15) is 35.8 Å². The van der Waals surface area contributed by atoms with E-state index in [1.54, 1.807) is 6.92 Å². The maximum absolute atomic E-state index is 14.8. The van der Waals surface area contributed by atoms with E-state index in [2.05, 4.69) is 10.3 Å². The molecule has 2 heterocycles. The van der Waals surface area contributed by atoms with Gasteiger partial charge in [-0.2, -0.15) is 4.98 Å². The molecule has 210 valence electrons. The number of nitrogens with zero attached hydrogens (tertiary/aromatic N) is 2. The number of halogens is 4. The molecule has 2 N–H and O–H groups in total. The second kappa shape index (κ2) is 12.0. The first-order valence-electron chi connectivity index (χ1n) is 12.4. The van der Waals surface area contributed by atoms with Crippen LogP contribution in [0, 0.1) is 11.6 Å². The van der Waals surface area contributed by atoms with Gasteiger partial charge in [0.15, 0.2) is 11.6 Å². The van der Waals surface area contributed by atoms with Gasteiger partial charge in [0, 0.05) is 25.7 Å². The Morgan fingerprint density at radius 2 is 1.97 bits per heavy atom. The zero-order chi connectivity index (χ0) is 28.2. The first-order chi connectivity index (χ1) is 18.7. The molecule has 39 heavy (non-hydrogen) atoms. The van der Waals surface area contributed by atoms with Crippen molar-refractivity contribution < 1.29 is 41.4 Å². The zero-order valence-electron chi connectivity index (χ0n) is 21.4. The lowest BCUT2D eigenvalue weighted by atomic mass is 9.83. The molecule has 0 bridgehead atoms. The molecule has 1 aromatic heterocycles. The number of carbonyl (C=O) groups excluding carboxylic acids is 1. The fourth-order valence-corrected chi connectivity index (χ4v) is 4.69. The van der Waals surface area contributed by atoms with Crippen LogP contribution in [0.25, 0.3) is 11.5 Å². The summed E-state index contributed by atoms with van der Waals surface area (Å²) in [6.45, 7) is 1.84. The molecule has 1 saturated heterocycles. The highest BCUT2D eigenvalue weighted by molar-refractivity contribution is 5.93. The Balaban J connectivity index is 1.73. The number of carbonyl (C=O) groups is 1. The monoisotopic (exact) mass is 551 g/mol. The van der Waals surface area contributed by atoms with Crippen LogP contribution >= 0.6 is 0 Å². The predicted octanol–water partition coefficient (Wildman–Crippen LogP) is 4.56. The van der Waals surface area contributed by atoms with Gasteiger partial charge in [-0.3, -0.25) is 0 Å². The third kappa shape index (κ3) is 6.01. The summed E-state index contributed by atoms with van der Waals surface area (Å²) in [4.78, 5) is 18.3. The van der Waals surface area contributed by atoms with E-state index in [4.69, 9.17) is 13.9 Å². The highest BCUT2D eigenvalue weighted by Gasteiger charge is 2.47. The quantitative estimate of drug-likeness (QED) is 0.280. The highest BCUT2D eigenvalue weighted by Crippen LogP contribution is 2.37. The van der Waals surface area contributed by atoms with Gasteiger partial charge in [-0.05, 0) is 31.4 Å². The topological polar surface area (TPSA) is 97.1 Å². The molecule has 1 aliphatic heterocycles. The maximum atomic E-state index is 14.8. The number of aliphatic hydroxyl groups is 1. The fourth-order valence-electron chi connectivity index (χ4n) is 4.69. The van der Waals surface area contributed by atoms with Gasteiger partial charge in [0.1, 0.15) is 11.9 Å². The number of hydrogen-bond acceptors (Lipinski definition) is 8. The molecule has 0 saturated carbocycles. The number of methoxy groups -OCH3 is 1. The molecule has 0 aliphatic carbocycles. The summed E-state index contributed by atoms with van der Waals surface area (Å²) in [6.07, 6.45) is -4.56. The summed E-state index contributed by atoms with van der Waals surface area (Å²) in [5.41, 5.74) is -1.36. The molecular formula is C27H29F4N3O5. The Morgan fingerprint density at radius 3 is 2.64 bits per heavy atom. The zero-order valence-corrected chi connectivity index (χ0v) is 21.4. The fraction of sp³-hybridized carbons (Fsp3) is 0.407. The summed E-state index contributed by atoms with van der Waals surface area (Å²) in [5, 5.41) is 13.7. The summed E-state index contributed by atoms with van der Waals surface area (Å²) < 4.78 is 72.6. The normalized spacial score (nSPS) is 18.3. The number of aliphatic hydroxyl groups excluding tert-OH is 1. The Labute approximate surface area is 222 Å². The lowest BCUT2D eigenvalue weighted by molar-refractivity contribution is -0.0660. The SMILES string of the molecule is CCOC(=O)c1nc(-c2cc(F)c(OC)cc2F)oc1N1CCC[C@](NCc2ccccc2)([C@H](O)C(F)F)C1. The van der Waals surface area contributed by atoms with E-state index in [1.807, 2.05) is 30.3 Å². The maximum Gasteiger partial charge on any atom is 0.362 e. The highest BCUT2D eigenvalue weighted by atomic mass is 19.3. The van der Waals surface area contributed by atoms with Gasteiger partial charge in [0.05, 0.1) is 24.8 Å². The summed E-state index contributed by atoms with van der Waals surface area (Å²) in [6, 6.07) is 10.7. The second-order valence-corrected chi connectivity index (χ2v) is 9.16. The van der Waals surface area contributed by atoms with Crippen LogP contribution < -0.4 is 15.0 Å². The summed E-state index contributed by atoms with van der Waals surface area (Å²) in [5.74, 6) is -3.59. The molecule has 0 spiro atoms. The predicted molar refractivity (Wildman–Crippen MR) is 134 cm³/mol. The van der Waals surface area contributed by atoms with E-state index >= 15 is 0 Å². The van der Waals surface area contributed by atoms with Crippen molar-refractivity contribution in [3.63, 3.8) is 0 Å². The van der Waals surface area contributed by atoms with Crippen molar-refractivity contribution in [2.24, 2.45) is 0 Å². The van der Waals surface area contributed by atoms with E-state index in [-0.39, 0.29) is 55.6 Å². The van der Waals surface area contributed by atoms with E-state index in [1.165, 1.54) is 12.0 Å². The number of piperidine rings is 1. The first-order valence-corrected chi connectivity index (χ1v) is 12.4. The second-order valence-electron chi connectivity index (χ2n) is 9.16. The molecular weight excluding hydrogens is 522 g/mol. The van der Waals surface area contributed by atoms with Gasteiger partial charge in [-0.25, -0.2) is 22.4 Å². The van der Waals surface area contributed by atoms with E-state index in [0.29, 0.717) is 6.42 Å². The number of ether oxygens (including phenoxy) is 2. The van der Waals surface area contributed by atoms with Crippen molar-refractivity contribution >= 4 is 11.9 Å². The van der Waals surface area contributed by atoms with Crippen molar-refractivity contribution in [3.8, 4) is 17.2 Å². The van der Waals surface area contributed by atoms with Crippen LogP contribution in [0.5, 0.6) is 5.75 Å². The third-order valence-electron chi connectivity index (χ3n) is 6.65.